The van der Waals surface area contributed by atoms with Gasteiger partial charge in [-0.15, -0.1) is 0 Å². The Hall–Kier alpha value is -0.610. The minimum absolute atomic E-state index is 0.118. The number of nitrogens with zero attached hydrogens (tertiary/aromatic N) is 1. The molecular formula is C9H21N3O. The van der Waals surface area contributed by atoms with Crippen LogP contribution in [0.4, 0.5) is 0 Å². The average Bonchev–Trinajstić information content (AvgIpc) is 2.03. The van der Waals surface area contributed by atoms with Crippen molar-refractivity contribution in [3.05, 3.63) is 0 Å². The lowest BCUT2D eigenvalue weighted by molar-refractivity contribution is 0.313. The van der Waals surface area contributed by atoms with Gasteiger partial charge in [-0.3, -0.25) is 0 Å². The second-order valence-corrected chi connectivity index (χ2v) is 4.07. The van der Waals surface area contributed by atoms with Crippen molar-refractivity contribution in [1.82, 2.24) is 5.32 Å². The summed E-state index contributed by atoms with van der Waals surface area (Å²) in [6.07, 6.45) is 0.895. The highest BCUT2D eigenvalue weighted by Gasteiger charge is 2.15. The highest BCUT2D eigenvalue weighted by Crippen LogP contribution is 1.98. The molecule has 4 N–H and O–H groups in total. The predicted molar refractivity (Wildman–Crippen MR) is 55.2 cm³/mol. The van der Waals surface area contributed by atoms with Gasteiger partial charge in [0.1, 0.15) is 0 Å². The summed E-state index contributed by atoms with van der Waals surface area (Å²) in [6.45, 7) is 8.45. The maximum atomic E-state index is 8.58. The Bertz CT molecular complexity index is 172. The number of nitrogens with two attached hydrogens (primary N) is 1. The van der Waals surface area contributed by atoms with Crippen molar-refractivity contribution in [3.8, 4) is 0 Å². The lowest BCUT2D eigenvalue weighted by atomic mass is 10.1. The van der Waals surface area contributed by atoms with Crippen LogP contribution in [0.3, 0.4) is 0 Å². The summed E-state index contributed by atoms with van der Waals surface area (Å²) >= 11 is 0. The van der Waals surface area contributed by atoms with Crippen LogP contribution in [0, 0.1) is 0 Å². The lowest BCUT2D eigenvalue weighted by Crippen LogP contribution is -2.48. The molecule has 0 aromatic carbocycles. The highest BCUT2D eigenvalue weighted by atomic mass is 16.4. The molecule has 78 valence electrons. The zero-order valence-electron chi connectivity index (χ0n) is 8.96. The minimum atomic E-state index is -0.233. The standard InChI is InChI=1S/C9H21N3O/c1-5-8(7(2)12-13)11-6-9(3,4)10/h8,11,13H,5-6,10H2,1-4H3/b12-7+/t8-/m1/s1. The Balaban J connectivity index is 4.01. The largest absolute Gasteiger partial charge is 0.411 e. The fraction of sp³-hybridized carbons (Fsp3) is 0.889. The van der Waals surface area contributed by atoms with Gasteiger partial charge in [0, 0.05) is 18.1 Å². The summed E-state index contributed by atoms with van der Waals surface area (Å²) in [7, 11) is 0. The fourth-order valence-electron chi connectivity index (χ4n) is 1.04. The summed E-state index contributed by atoms with van der Waals surface area (Å²) in [5.41, 5.74) is 6.28. The molecular weight excluding hydrogens is 166 g/mol. The van der Waals surface area contributed by atoms with Crippen molar-refractivity contribution in [2.45, 2.75) is 45.7 Å². The Kier molecular flexibility index (Phi) is 4.95. The van der Waals surface area contributed by atoms with Crippen molar-refractivity contribution < 1.29 is 5.21 Å². The number of oxime groups is 1. The molecule has 0 aliphatic rings. The molecule has 0 amide bonds. The fourth-order valence-corrected chi connectivity index (χ4v) is 1.04. The molecule has 1 atom stereocenters. The molecule has 0 bridgehead atoms. The monoisotopic (exact) mass is 187 g/mol. The SMILES string of the molecule is CC[C@@H](NCC(C)(C)N)/C(C)=N/O. The molecule has 0 heterocycles. The van der Waals surface area contributed by atoms with Crippen LogP contribution in [0.1, 0.15) is 34.1 Å². The van der Waals surface area contributed by atoms with Gasteiger partial charge in [0.05, 0.1) is 5.71 Å². The third kappa shape index (κ3) is 5.60. The molecule has 4 nitrogen and oxygen atoms in total. The first-order chi connectivity index (χ1) is 5.90. The van der Waals surface area contributed by atoms with Crippen LogP contribution in [0.2, 0.25) is 0 Å². The van der Waals surface area contributed by atoms with E-state index in [0.29, 0.717) is 12.3 Å². The van der Waals surface area contributed by atoms with Crippen molar-refractivity contribution in [2.24, 2.45) is 10.9 Å². The summed E-state index contributed by atoms with van der Waals surface area (Å²) in [5.74, 6) is 0. The van der Waals surface area contributed by atoms with Gasteiger partial charge in [0.15, 0.2) is 0 Å². The van der Waals surface area contributed by atoms with Gasteiger partial charge in [-0.2, -0.15) is 0 Å². The van der Waals surface area contributed by atoms with E-state index in [0.717, 1.165) is 6.42 Å². The van der Waals surface area contributed by atoms with Crippen molar-refractivity contribution in [2.75, 3.05) is 6.54 Å². The normalized spacial score (nSPS) is 15.9. The second kappa shape index (κ2) is 5.19. The maximum absolute atomic E-state index is 8.58. The molecule has 0 saturated carbocycles. The second-order valence-electron chi connectivity index (χ2n) is 4.07. The molecule has 4 heteroatoms. The molecule has 0 aromatic heterocycles. The van der Waals surface area contributed by atoms with E-state index in [1.807, 2.05) is 20.8 Å². The predicted octanol–water partition coefficient (Wildman–Crippen LogP) is 0.942. The molecule has 0 aromatic rings. The van der Waals surface area contributed by atoms with Crippen molar-refractivity contribution >= 4 is 5.71 Å². The topological polar surface area (TPSA) is 70.6 Å². The lowest BCUT2D eigenvalue weighted by Gasteiger charge is -2.23. The molecule has 13 heavy (non-hydrogen) atoms. The van der Waals surface area contributed by atoms with E-state index >= 15 is 0 Å². The molecule has 0 aliphatic heterocycles. The highest BCUT2D eigenvalue weighted by molar-refractivity contribution is 5.86. The van der Waals surface area contributed by atoms with E-state index in [9.17, 15) is 0 Å². The van der Waals surface area contributed by atoms with Gasteiger partial charge in [0.25, 0.3) is 0 Å². The molecule has 0 radical (unpaired) electrons. The van der Waals surface area contributed by atoms with Crippen molar-refractivity contribution in [1.29, 1.82) is 0 Å². The number of hydrogen-bond acceptors (Lipinski definition) is 4. The van der Waals surface area contributed by atoms with Crippen LogP contribution in [-0.2, 0) is 0 Å². The van der Waals surface area contributed by atoms with Crippen LogP contribution < -0.4 is 11.1 Å². The molecule has 0 saturated heterocycles. The van der Waals surface area contributed by atoms with Crippen LogP contribution in [0.25, 0.3) is 0 Å². The van der Waals surface area contributed by atoms with Gasteiger partial charge in [-0.25, -0.2) is 0 Å². The Morgan fingerprint density at radius 1 is 1.62 bits per heavy atom. The third-order valence-corrected chi connectivity index (χ3v) is 1.87. The molecule has 0 spiro atoms. The summed E-state index contributed by atoms with van der Waals surface area (Å²) in [5, 5.41) is 15.0. The molecule has 0 aliphatic carbocycles. The van der Waals surface area contributed by atoms with E-state index < -0.39 is 0 Å². The molecule has 0 rings (SSSR count). The van der Waals surface area contributed by atoms with Gasteiger partial charge in [-0.05, 0) is 27.2 Å². The first-order valence-corrected chi connectivity index (χ1v) is 4.61. The first kappa shape index (κ1) is 12.4. The quantitative estimate of drug-likeness (QED) is 0.341. The van der Waals surface area contributed by atoms with Gasteiger partial charge in [-0.1, -0.05) is 12.1 Å². The summed E-state index contributed by atoms with van der Waals surface area (Å²) in [6, 6.07) is 0.118. The summed E-state index contributed by atoms with van der Waals surface area (Å²) in [4.78, 5) is 0. The average molecular weight is 187 g/mol. The van der Waals surface area contributed by atoms with Crippen LogP contribution in [0.5, 0.6) is 0 Å². The molecule has 0 fully saturated rings. The van der Waals surface area contributed by atoms with Gasteiger partial charge in [0.2, 0.25) is 0 Å². The Labute approximate surface area is 80.2 Å². The Morgan fingerprint density at radius 3 is 2.46 bits per heavy atom. The van der Waals surface area contributed by atoms with E-state index in [-0.39, 0.29) is 11.6 Å². The third-order valence-electron chi connectivity index (χ3n) is 1.87. The van der Waals surface area contributed by atoms with Crippen molar-refractivity contribution in [3.63, 3.8) is 0 Å². The van der Waals surface area contributed by atoms with E-state index in [1.54, 1.807) is 6.92 Å². The van der Waals surface area contributed by atoms with Crippen LogP contribution in [0.15, 0.2) is 5.16 Å². The van der Waals surface area contributed by atoms with E-state index in [1.165, 1.54) is 0 Å². The van der Waals surface area contributed by atoms with E-state index in [4.69, 9.17) is 10.9 Å². The smallest absolute Gasteiger partial charge is 0.0708 e. The zero-order chi connectivity index (χ0) is 10.5. The van der Waals surface area contributed by atoms with Gasteiger partial charge >= 0.3 is 0 Å². The van der Waals surface area contributed by atoms with Crippen LogP contribution >= 0.6 is 0 Å². The molecule has 0 unspecified atom stereocenters. The summed E-state index contributed by atoms with van der Waals surface area (Å²) < 4.78 is 0. The number of rotatable bonds is 5. The van der Waals surface area contributed by atoms with Gasteiger partial charge < -0.3 is 16.3 Å². The zero-order valence-corrected chi connectivity index (χ0v) is 8.96. The van der Waals surface area contributed by atoms with E-state index in [2.05, 4.69) is 10.5 Å². The first-order valence-electron chi connectivity index (χ1n) is 4.61. The number of hydrogen-bond donors (Lipinski definition) is 3. The maximum Gasteiger partial charge on any atom is 0.0708 e. The van der Waals surface area contributed by atoms with Crippen LogP contribution in [-0.4, -0.2) is 29.0 Å². The minimum Gasteiger partial charge on any atom is -0.411 e. The Morgan fingerprint density at radius 2 is 2.15 bits per heavy atom. The number of nitrogens with one attached hydrogen (secondary N) is 1.